The molecule has 5 nitrogen and oxygen atoms in total. The normalized spacial score (nSPS) is 14.7. The topological polar surface area (TPSA) is 44.8 Å². The van der Waals surface area contributed by atoms with E-state index in [1.165, 1.54) is 11.8 Å². The Bertz CT molecular complexity index is 896. The molecule has 1 aliphatic rings. The van der Waals surface area contributed by atoms with Gasteiger partial charge in [0.1, 0.15) is 5.75 Å². The van der Waals surface area contributed by atoms with Crippen molar-refractivity contribution in [2.75, 3.05) is 51.3 Å². The summed E-state index contributed by atoms with van der Waals surface area (Å²) < 4.78 is 5.48. The van der Waals surface area contributed by atoms with E-state index in [2.05, 4.69) is 27.2 Å². The van der Waals surface area contributed by atoms with Crippen LogP contribution in [-0.4, -0.2) is 57.2 Å². The molecule has 0 aliphatic carbocycles. The number of hydrogen-bond acceptors (Lipinski definition) is 4. The molecule has 0 atom stereocenters. The number of ether oxygens (including phenoxy) is 1. The van der Waals surface area contributed by atoms with Crippen LogP contribution in [-0.2, 0) is 4.79 Å². The second kappa shape index (κ2) is 12.0. The second-order valence-corrected chi connectivity index (χ2v) is 8.32. The molecule has 0 bridgehead atoms. The van der Waals surface area contributed by atoms with Crippen molar-refractivity contribution in [3.8, 4) is 5.75 Å². The third-order valence-corrected chi connectivity index (χ3v) is 6.11. The number of piperazine rings is 1. The van der Waals surface area contributed by atoms with Crippen molar-refractivity contribution >= 4 is 40.9 Å². The third-order valence-electron chi connectivity index (χ3n) is 5.37. The highest BCUT2D eigenvalue weighted by molar-refractivity contribution is 6.42. The van der Waals surface area contributed by atoms with Crippen molar-refractivity contribution in [1.29, 1.82) is 0 Å². The Kier molecular flexibility index (Phi) is 9.07. The van der Waals surface area contributed by atoms with E-state index in [1.807, 2.05) is 18.2 Å². The minimum absolute atomic E-state index is 0.100. The van der Waals surface area contributed by atoms with Crippen LogP contribution < -0.4 is 15.0 Å². The van der Waals surface area contributed by atoms with Crippen molar-refractivity contribution in [1.82, 2.24) is 10.2 Å². The number of carbonyl (C=O) groups is 1. The van der Waals surface area contributed by atoms with E-state index in [-0.39, 0.29) is 5.91 Å². The van der Waals surface area contributed by atoms with Crippen molar-refractivity contribution in [3.05, 3.63) is 64.1 Å². The highest BCUT2D eigenvalue weighted by atomic mass is 35.5. The SMILES string of the molecule is COc1ccccc1N1CCN(CCCCNC(=O)/C=C/c2ccc(Cl)c(Cl)c2)CC1. The maximum Gasteiger partial charge on any atom is 0.243 e. The molecule has 0 spiro atoms. The van der Waals surface area contributed by atoms with Gasteiger partial charge >= 0.3 is 0 Å². The molecular formula is C24H29Cl2N3O2. The van der Waals surface area contributed by atoms with Gasteiger partial charge in [0.15, 0.2) is 0 Å². The second-order valence-electron chi connectivity index (χ2n) is 7.51. The van der Waals surface area contributed by atoms with Gasteiger partial charge in [-0.2, -0.15) is 0 Å². The number of benzene rings is 2. The molecular weight excluding hydrogens is 433 g/mol. The quantitative estimate of drug-likeness (QED) is 0.432. The van der Waals surface area contributed by atoms with Gasteiger partial charge < -0.3 is 15.0 Å². The summed E-state index contributed by atoms with van der Waals surface area (Å²) in [4.78, 5) is 16.8. The zero-order chi connectivity index (χ0) is 22.1. The zero-order valence-corrected chi connectivity index (χ0v) is 19.3. The van der Waals surface area contributed by atoms with Gasteiger partial charge in [0.05, 0.1) is 22.8 Å². The first-order chi connectivity index (χ1) is 15.1. The van der Waals surface area contributed by atoms with Gasteiger partial charge in [0.25, 0.3) is 0 Å². The molecule has 166 valence electrons. The predicted octanol–water partition coefficient (Wildman–Crippen LogP) is 4.73. The van der Waals surface area contributed by atoms with E-state index >= 15 is 0 Å². The number of unbranched alkanes of at least 4 members (excludes halogenated alkanes) is 1. The van der Waals surface area contributed by atoms with Crippen molar-refractivity contribution in [3.63, 3.8) is 0 Å². The number of para-hydroxylation sites is 2. The first kappa shape index (κ1) is 23.5. The van der Waals surface area contributed by atoms with Crippen LogP contribution in [0, 0.1) is 0 Å². The van der Waals surface area contributed by atoms with Crippen LogP contribution in [0.1, 0.15) is 18.4 Å². The van der Waals surface area contributed by atoms with E-state index in [1.54, 1.807) is 25.3 Å². The van der Waals surface area contributed by atoms with Crippen molar-refractivity contribution in [2.24, 2.45) is 0 Å². The molecule has 1 fully saturated rings. The molecule has 1 N–H and O–H groups in total. The Balaban J connectivity index is 1.30. The number of hydrogen-bond donors (Lipinski definition) is 1. The van der Waals surface area contributed by atoms with Crippen LogP contribution in [0.3, 0.4) is 0 Å². The lowest BCUT2D eigenvalue weighted by molar-refractivity contribution is -0.116. The number of carbonyl (C=O) groups excluding carboxylic acids is 1. The molecule has 2 aromatic rings. The molecule has 1 saturated heterocycles. The Morgan fingerprint density at radius 2 is 1.84 bits per heavy atom. The maximum atomic E-state index is 12.0. The molecule has 1 aliphatic heterocycles. The average molecular weight is 462 g/mol. The van der Waals surface area contributed by atoms with Crippen molar-refractivity contribution in [2.45, 2.75) is 12.8 Å². The number of methoxy groups -OCH3 is 1. The fourth-order valence-electron chi connectivity index (χ4n) is 3.62. The van der Waals surface area contributed by atoms with Crippen LogP contribution in [0.25, 0.3) is 6.08 Å². The Hall–Kier alpha value is -2.21. The minimum Gasteiger partial charge on any atom is -0.495 e. The average Bonchev–Trinajstić information content (AvgIpc) is 2.80. The molecule has 2 aromatic carbocycles. The number of anilines is 1. The summed E-state index contributed by atoms with van der Waals surface area (Å²) >= 11 is 11.9. The Morgan fingerprint density at radius 1 is 1.06 bits per heavy atom. The molecule has 0 unspecified atom stereocenters. The standard InChI is InChI=1S/C24H29Cl2N3O2/c1-31-23-7-3-2-6-22(23)29-16-14-28(15-17-29)13-5-4-12-27-24(30)11-9-19-8-10-20(25)21(26)18-19/h2-3,6-11,18H,4-5,12-17H2,1H3,(H,27,30)/b11-9+. The van der Waals surface area contributed by atoms with Gasteiger partial charge in [-0.15, -0.1) is 0 Å². The smallest absolute Gasteiger partial charge is 0.243 e. The first-order valence-electron chi connectivity index (χ1n) is 10.6. The first-order valence-corrected chi connectivity index (χ1v) is 11.3. The van der Waals surface area contributed by atoms with Crippen LogP contribution in [0.15, 0.2) is 48.5 Å². The number of rotatable bonds is 9. The molecule has 0 aromatic heterocycles. The molecule has 7 heteroatoms. The molecule has 31 heavy (non-hydrogen) atoms. The number of nitrogens with one attached hydrogen (secondary N) is 1. The summed E-state index contributed by atoms with van der Waals surface area (Å²) in [5.41, 5.74) is 2.01. The van der Waals surface area contributed by atoms with Crippen LogP contribution in [0.5, 0.6) is 5.75 Å². The van der Waals surface area contributed by atoms with Gasteiger partial charge in [0, 0.05) is 38.8 Å². The highest BCUT2D eigenvalue weighted by Gasteiger charge is 2.18. The van der Waals surface area contributed by atoms with E-state index in [9.17, 15) is 4.79 Å². The molecule has 3 rings (SSSR count). The van der Waals surface area contributed by atoms with E-state index in [4.69, 9.17) is 27.9 Å². The van der Waals surface area contributed by atoms with Crippen LogP contribution in [0.2, 0.25) is 10.0 Å². The summed E-state index contributed by atoms with van der Waals surface area (Å²) in [5, 5.41) is 3.92. The predicted molar refractivity (Wildman–Crippen MR) is 129 cm³/mol. The minimum atomic E-state index is -0.100. The fraction of sp³-hybridized carbons (Fsp3) is 0.375. The summed E-state index contributed by atoms with van der Waals surface area (Å²) in [6, 6.07) is 13.5. The number of halogens is 2. The molecule has 1 heterocycles. The van der Waals surface area contributed by atoms with E-state index in [0.29, 0.717) is 16.6 Å². The monoisotopic (exact) mass is 461 g/mol. The van der Waals surface area contributed by atoms with Gasteiger partial charge in [-0.25, -0.2) is 0 Å². The summed E-state index contributed by atoms with van der Waals surface area (Å²) in [5.74, 6) is 0.830. The van der Waals surface area contributed by atoms with Crippen LogP contribution in [0.4, 0.5) is 5.69 Å². The lowest BCUT2D eigenvalue weighted by Gasteiger charge is -2.36. The number of amides is 1. The summed E-state index contributed by atoms with van der Waals surface area (Å²) in [6.45, 7) is 5.79. The van der Waals surface area contributed by atoms with E-state index in [0.717, 1.165) is 56.9 Å². The van der Waals surface area contributed by atoms with E-state index < -0.39 is 0 Å². The molecule has 0 saturated carbocycles. The molecule has 0 radical (unpaired) electrons. The lowest BCUT2D eigenvalue weighted by atomic mass is 10.2. The van der Waals surface area contributed by atoms with Gasteiger partial charge in [-0.05, 0) is 55.3 Å². The summed E-state index contributed by atoms with van der Waals surface area (Å²) in [7, 11) is 1.72. The van der Waals surface area contributed by atoms with Gasteiger partial charge in [-0.3, -0.25) is 9.69 Å². The maximum absolute atomic E-state index is 12.0. The van der Waals surface area contributed by atoms with Crippen LogP contribution >= 0.6 is 23.2 Å². The third kappa shape index (κ3) is 7.17. The zero-order valence-electron chi connectivity index (χ0n) is 17.8. The Labute approximate surface area is 194 Å². The van der Waals surface area contributed by atoms with Gasteiger partial charge in [0.2, 0.25) is 5.91 Å². The molecule has 1 amide bonds. The largest absolute Gasteiger partial charge is 0.495 e. The number of nitrogens with zero attached hydrogens (tertiary/aromatic N) is 2. The van der Waals surface area contributed by atoms with Crippen molar-refractivity contribution < 1.29 is 9.53 Å². The fourth-order valence-corrected chi connectivity index (χ4v) is 3.93. The lowest BCUT2D eigenvalue weighted by Crippen LogP contribution is -2.46. The van der Waals surface area contributed by atoms with Gasteiger partial charge in [-0.1, -0.05) is 41.4 Å². The Morgan fingerprint density at radius 3 is 2.58 bits per heavy atom. The summed E-state index contributed by atoms with van der Waals surface area (Å²) in [6.07, 6.45) is 5.28. The highest BCUT2D eigenvalue weighted by Crippen LogP contribution is 2.28.